The van der Waals surface area contributed by atoms with Crippen LogP contribution in [-0.2, 0) is 10.1 Å². The third-order valence-corrected chi connectivity index (χ3v) is 3.16. The standard InChI is InChI=1S/C14H16BrN3O6/c1-14(2,3)23-13(20)17-12(19)22-11-9-8(21-4)5-7(6-15)16-10(9)24-18-11/h5H,6H2,1-4H3,(H,17,19,20). The molecular weight excluding hydrogens is 386 g/mol. The zero-order valence-electron chi connectivity index (χ0n) is 13.5. The maximum Gasteiger partial charge on any atom is 0.423 e. The Balaban J connectivity index is 2.18. The van der Waals surface area contributed by atoms with Crippen molar-refractivity contribution in [2.45, 2.75) is 31.7 Å². The molecule has 0 saturated heterocycles. The molecule has 2 aromatic heterocycles. The molecule has 0 atom stereocenters. The number of carbonyl (C=O) groups is 2. The number of methoxy groups -OCH3 is 1. The van der Waals surface area contributed by atoms with E-state index in [1.54, 1.807) is 26.8 Å². The number of nitrogens with zero attached hydrogens (tertiary/aromatic N) is 2. The molecule has 0 aliphatic rings. The number of halogens is 1. The lowest BCUT2D eigenvalue weighted by Crippen LogP contribution is -2.37. The summed E-state index contributed by atoms with van der Waals surface area (Å²) in [6.07, 6.45) is -2.00. The first-order chi connectivity index (χ1) is 11.2. The van der Waals surface area contributed by atoms with Crippen LogP contribution >= 0.6 is 15.9 Å². The van der Waals surface area contributed by atoms with Crippen molar-refractivity contribution in [3.8, 4) is 11.6 Å². The van der Waals surface area contributed by atoms with Gasteiger partial charge in [0.05, 0.1) is 12.8 Å². The van der Waals surface area contributed by atoms with Crippen LogP contribution in [0.3, 0.4) is 0 Å². The van der Waals surface area contributed by atoms with Crippen LogP contribution in [0.4, 0.5) is 9.59 Å². The lowest BCUT2D eigenvalue weighted by Gasteiger charge is -2.18. The Morgan fingerprint density at radius 2 is 2.04 bits per heavy atom. The molecule has 10 heteroatoms. The van der Waals surface area contributed by atoms with Gasteiger partial charge in [-0.3, -0.25) is 0 Å². The van der Waals surface area contributed by atoms with E-state index in [1.807, 2.05) is 5.32 Å². The molecule has 2 amide bonds. The number of ether oxygens (including phenoxy) is 3. The Bertz CT molecular complexity index is 768. The highest BCUT2D eigenvalue weighted by atomic mass is 79.9. The molecule has 1 N–H and O–H groups in total. The summed E-state index contributed by atoms with van der Waals surface area (Å²) >= 11 is 3.28. The second kappa shape index (κ2) is 7.04. The van der Waals surface area contributed by atoms with Gasteiger partial charge in [-0.2, -0.15) is 0 Å². The Labute approximate surface area is 145 Å². The number of hydrogen-bond acceptors (Lipinski definition) is 8. The first kappa shape index (κ1) is 18.0. The number of amides is 2. The zero-order valence-corrected chi connectivity index (χ0v) is 15.1. The van der Waals surface area contributed by atoms with Crippen molar-refractivity contribution in [1.82, 2.24) is 15.5 Å². The van der Waals surface area contributed by atoms with E-state index >= 15 is 0 Å². The van der Waals surface area contributed by atoms with Crippen LogP contribution in [0.1, 0.15) is 26.5 Å². The minimum absolute atomic E-state index is 0.142. The van der Waals surface area contributed by atoms with Crippen LogP contribution in [0.5, 0.6) is 11.6 Å². The van der Waals surface area contributed by atoms with E-state index in [9.17, 15) is 9.59 Å². The lowest BCUT2D eigenvalue weighted by molar-refractivity contribution is 0.0532. The summed E-state index contributed by atoms with van der Waals surface area (Å²) in [7, 11) is 1.45. The largest absolute Gasteiger partial charge is 0.496 e. The summed E-state index contributed by atoms with van der Waals surface area (Å²) in [6, 6.07) is 1.65. The van der Waals surface area contributed by atoms with E-state index < -0.39 is 17.8 Å². The van der Waals surface area contributed by atoms with Gasteiger partial charge in [0.1, 0.15) is 16.7 Å². The third-order valence-electron chi connectivity index (χ3n) is 2.58. The van der Waals surface area contributed by atoms with Crippen molar-refractivity contribution in [2.75, 3.05) is 7.11 Å². The first-order valence-electron chi connectivity index (χ1n) is 6.84. The molecule has 24 heavy (non-hydrogen) atoms. The van der Waals surface area contributed by atoms with Crippen LogP contribution < -0.4 is 14.8 Å². The second-order valence-corrected chi connectivity index (χ2v) is 6.19. The van der Waals surface area contributed by atoms with Crippen molar-refractivity contribution < 1.29 is 28.3 Å². The van der Waals surface area contributed by atoms with Gasteiger partial charge in [-0.15, -0.1) is 0 Å². The van der Waals surface area contributed by atoms with Crippen molar-refractivity contribution in [3.05, 3.63) is 11.8 Å². The van der Waals surface area contributed by atoms with Gasteiger partial charge in [-0.1, -0.05) is 15.9 Å². The highest BCUT2D eigenvalue weighted by molar-refractivity contribution is 9.08. The minimum Gasteiger partial charge on any atom is -0.496 e. The average Bonchev–Trinajstić information content (AvgIpc) is 2.86. The third kappa shape index (κ3) is 4.34. The number of rotatable bonds is 3. The molecule has 130 valence electrons. The smallest absolute Gasteiger partial charge is 0.423 e. The Hall–Kier alpha value is -2.36. The maximum atomic E-state index is 11.8. The van der Waals surface area contributed by atoms with Crippen LogP contribution in [0.25, 0.3) is 11.1 Å². The van der Waals surface area contributed by atoms with Gasteiger partial charge in [-0.05, 0) is 25.9 Å². The topological polar surface area (TPSA) is 113 Å². The maximum absolute atomic E-state index is 11.8. The van der Waals surface area contributed by atoms with Gasteiger partial charge >= 0.3 is 12.2 Å². The molecule has 0 saturated carbocycles. The second-order valence-electron chi connectivity index (χ2n) is 5.63. The summed E-state index contributed by atoms with van der Waals surface area (Å²) in [5, 5.41) is 6.32. The first-order valence-corrected chi connectivity index (χ1v) is 7.96. The molecule has 0 unspecified atom stereocenters. The normalized spacial score (nSPS) is 11.2. The number of carbonyl (C=O) groups excluding carboxylic acids is 2. The molecular formula is C14H16BrN3O6. The fraction of sp³-hybridized carbons (Fsp3) is 0.429. The highest BCUT2D eigenvalue weighted by Crippen LogP contribution is 2.33. The van der Waals surface area contributed by atoms with Gasteiger partial charge in [-0.25, -0.2) is 19.9 Å². The fourth-order valence-electron chi connectivity index (χ4n) is 1.74. The van der Waals surface area contributed by atoms with Gasteiger partial charge < -0.3 is 18.7 Å². The number of hydrogen-bond donors (Lipinski definition) is 1. The molecule has 2 aromatic rings. The quantitative estimate of drug-likeness (QED) is 0.780. The van der Waals surface area contributed by atoms with Gasteiger partial charge in [0.25, 0.3) is 11.6 Å². The molecule has 0 fully saturated rings. The van der Waals surface area contributed by atoms with Crippen LogP contribution in [0.15, 0.2) is 10.6 Å². The van der Waals surface area contributed by atoms with Crippen molar-refractivity contribution in [3.63, 3.8) is 0 Å². The molecule has 2 heterocycles. The SMILES string of the molecule is COc1cc(CBr)nc2onc(OC(=O)NC(=O)OC(C)(C)C)c12. The van der Waals surface area contributed by atoms with Gasteiger partial charge in [0, 0.05) is 11.4 Å². The number of imide groups is 1. The number of aromatic nitrogens is 2. The molecule has 0 bridgehead atoms. The van der Waals surface area contributed by atoms with Crippen molar-refractivity contribution >= 4 is 39.2 Å². The summed E-state index contributed by atoms with van der Waals surface area (Å²) < 4.78 is 20.2. The van der Waals surface area contributed by atoms with Crippen LogP contribution in [0.2, 0.25) is 0 Å². The summed E-state index contributed by atoms with van der Waals surface area (Å²) in [4.78, 5) is 27.5. The number of alkyl carbamates (subject to hydrolysis) is 1. The van der Waals surface area contributed by atoms with E-state index in [4.69, 9.17) is 18.7 Å². The Morgan fingerprint density at radius 3 is 2.62 bits per heavy atom. The monoisotopic (exact) mass is 401 g/mol. The molecule has 0 aliphatic heterocycles. The predicted octanol–water partition coefficient (Wildman–Crippen LogP) is 3.15. The minimum atomic E-state index is -1.06. The van der Waals surface area contributed by atoms with E-state index in [1.165, 1.54) is 7.11 Å². The number of nitrogens with one attached hydrogen (secondary N) is 1. The summed E-state index contributed by atoms with van der Waals surface area (Å²) in [5.41, 5.74) is 0.0496. The van der Waals surface area contributed by atoms with Crippen molar-refractivity contribution in [2.24, 2.45) is 0 Å². The number of pyridine rings is 1. The van der Waals surface area contributed by atoms with Crippen LogP contribution in [0, 0.1) is 0 Å². The number of alkyl halides is 1. The Kier molecular flexibility index (Phi) is 5.27. The average molecular weight is 402 g/mol. The summed E-state index contributed by atoms with van der Waals surface area (Å²) in [6.45, 7) is 5.00. The van der Waals surface area contributed by atoms with E-state index in [0.717, 1.165) is 0 Å². The molecule has 0 spiro atoms. The predicted molar refractivity (Wildman–Crippen MR) is 86.4 cm³/mol. The van der Waals surface area contributed by atoms with E-state index in [0.29, 0.717) is 16.8 Å². The summed E-state index contributed by atoms with van der Waals surface area (Å²) in [5.74, 6) is 0.201. The van der Waals surface area contributed by atoms with Crippen molar-refractivity contribution in [1.29, 1.82) is 0 Å². The van der Waals surface area contributed by atoms with Crippen LogP contribution in [-0.4, -0.2) is 35.0 Å². The highest BCUT2D eigenvalue weighted by Gasteiger charge is 2.23. The van der Waals surface area contributed by atoms with Gasteiger partial charge in [0.2, 0.25) is 0 Å². The molecule has 0 radical (unpaired) electrons. The number of fused-ring (bicyclic) bond motifs is 1. The molecule has 9 nitrogen and oxygen atoms in total. The molecule has 2 rings (SSSR count). The van der Waals surface area contributed by atoms with E-state index in [2.05, 4.69) is 26.1 Å². The van der Waals surface area contributed by atoms with Gasteiger partial charge in [0.15, 0.2) is 0 Å². The lowest BCUT2D eigenvalue weighted by atomic mass is 10.2. The Morgan fingerprint density at radius 1 is 1.33 bits per heavy atom. The zero-order chi connectivity index (χ0) is 17.9. The molecule has 0 aromatic carbocycles. The van der Waals surface area contributed by atoms with E-state index in [-0.39, 0.29) is 17.0 Å². The fourth-order valence-corrected chi connectivity index (χ4v) is 2.03. The molecule has 0 aliphatic carbocycles.